The Morgan fingerprint density at radius 3 is 2.42 bits per heavy atom. The van der Waals surface area contributed by atoms with E-state index in [1.807, 2.05) is 6.92 Å². The van der Waals surface area contributed by atoms with E-state index in [1.54, 1.807) is 6.07 Å². The van der Waals surface area contributed by atoms with Gasteiger partial charge in [-0.05, 0) is 43.3 Å². The summed E-state index contributed by atoms with van der Waals surface area (Å²) in [6.07, 6.45) is 0. The number of amides is 1. The molecule has 11 heteroatoms. The Morgan fingerprint density at radius 1 is 1.10 bits per heavy atom. The Balaban J connectivity index is 2.05. The van der Waals surface area contributed by atoms with Crippen molar-refractivity contribution in [2.75, 3.05) is 39.7 Å². The number of sulfonamides is 1. The first-order chi connectivity index (χ1) is 14.6. The minimum atomic E-state index is -3.80. The molecule has 9 nitrogen and oxygen atoms in total. The number of hydrogen-bond donors (Lipinski definition) is 1. The van der Waals surface area contributed by atoms with Gasteiger partial charge in [0.05, 0.1) is 24.3 Å². The highest BCUT2D eigenvalue weighted by molar-refractivity contribution is 7.89. The molecular formula is C20H23ClN2O7S. The minimum absolute atomic E-state index is 0.0163. The molecule has 0 aliphatic carbocycles. The van der Waals surface area contributed by atoms with Crippen molar-refractivity contribution >= 4 is 39.2 Å². The lowest BCUT2D eigenvalue weighted by Gasteiger charge is -2.14. The van der Waals surface area contributed by atoms with E-state index >= 15 is 0 Å². The highest BCUT2D eigenvalue weighted by Gasteiger charge is 2.22. The van der Waals surface area contributed by atoms with Crippen LogP contribution >= 0.6 is 11.6 Å². The normalized spacial score (nSPS) is 11.2. The highest BCUT2D eigenvalue weighted by atomic mass is 35.5. The lowest BCUT2D eigenvalue weighted by atomic mass is 10.2. The number of nitrogens with zero attached hydrogens (tertiary/aromatic N) is 1. The number of carbonyl (C=O) groups is 2. The van der Waals surface area contributed by atoms with E-state index in [2.05, 4.69) is 5.32 Å². The summed E-state index contributed by atoms with van der Waals surface area (Å²) in [4.78, 5) is 24.3. The van der Waals surface area contributed by atoms with Gasteiger partial charge >= 0.3 is 5.97 Å². The third kappa shape index (κ3) is 6.09. The molecule has 0 bridgehead atoms. The molecule has 168 valence electrons. The second kappa shape index (κ2) is 10.5. The molecule has 0 saturated heterocycles. The first kappa shape index (κ1) is 24.4. The quantitative estimate of drug-likeness (QED) is 0.561. The number of methoxy groups -OCH3 is 1. The van der Waals surface area contributed by atoms with Gasteiger partial charge in [-0.15, -0.1) is 0 Å². The van der Waals surface area contributed by atoms with E-state index in [0.717, 1.165) is 4.31 Å². The largest absolute Gasteiger partial charge is 0.493 e. The zero-order chi connectivity index (χ0) is 23.2. The van der Waals surface area contributed by atoms with Crippen LogP contribution in [0.1, 0.15) is 17.3 Å². The van der Waals surface area contributed by atoms with Gasteiger partial charge in [-0.25, -0.2) is 17.5 Å². The fourth-order valence-electron chi connectivity index (χ4n) is 2.46. The van der Waals surface area contributed by atoms with Crippen LogP contribution < -0.4 is 14.8 Å². The average Bonchev–Trinajstić information content (AvgIpc) is 2.73. The van der Waals surface area contributed by atoms with Crippen LogP contribution in [-0.2, 0) is 19.6 Å². The molecule has 0 radical (unpaired) electrons. The SMILES string of the molecule is CCOc1ccc(C(=O)OCC(=O)Nc2ccc(Cl)c(S(=O)(=O)N(C)C)c2)cc1OC. The molecule has 0 spiro atoms. The van der Waals surface area contributed by atoms with E-state index in [9.17, 15) is 18.0 Å². The van der Waals surface area contributed by atoms with Gasteiger partial charge < -0.3 is 19.5 Å². The molecule has 0 unspecified atom stereocenters. The third-order valence-corrected chi connectivity index (χ3v) is 6.30. The van der Waals surface area contributed by atoms with Crippen LogP contribution in [0.15, 0.2) is 41.3 Å². The Morgan fingerprint density at radius 2 is 1.81 bits per heavy atom. The first-order valence-corrected chi connectivity index (χ1v) is 10.9. The fourth-order valence-corrected chi connectivity index (χ4v) is 3.85. The molecule has 0 aliphatic rings. The topological polar surface area (TPSA) is 111 Å². The summed E-state index contributed by atoms with van der Waals surface area (Å²) in [5, 5.41) is 2.49. The maximum Gasteiger partial charge on any atom is 0.338 e. The number of halogens is 1. The van der Waals surface area contributed by atoms with Crippen molar-refractivity contribution in [1.82, 2.24) is 4.31 Å². The van der Waals surface area contributed by atoms with Crippen LogP contribution in [0.25, 0.3) is 0 Å². The lowest BCUT2D eigenvalue weighted by Crippen LogP contribution is -2.23. The predicted molar refractivity (Wildman–Crippen MR) is 115 cm³/mol. The van der Waals surface area contributed by atoms with E-state index in [1.165, 1.54) is 51.5 Å². The molecule has 0 atom stereocenters. The monoisotopic (exact) mass is 470 g/mol. The minimum Gasteiger partial charge on any atom is -0.493 e. The van der Waals surface area contributed by atoms with Crippen molar-refractivity contribution in [2.45, 2.75) is 11.8 Å². The van der Waals surface area contributed by atoms with E-state index in [-0.39, 0.29) is 21.2 Å². The third-order valence-electron chi connectivity index (χ3n) is 4.01. The fraction of sp³-hybridized carbons (Fsp3) is 0.300. The Hall–Kier alpha value is -2.82. The molecule has 0 saturated carbocycles. The van der Waals surface area contributed by atoms with Gasteiger partial charge in [-0.1, -0.05) is 11.6 Å². The number of rotatable bonds is 9. The molecule has 0 heterocycles. The van der Waals surface area contributed by atoms with Gasteiger partial charge in [0, 0.05) is 19.8 Å². The number of hydrogen-bond acceptors (Lipinski definition) is 7. The van der Waals surface area contributed by atoms with Gasteiger partial charge in [0.2, 0.25) is 10.0 Å². The summed E-state index contributed by atoms with van der Waals surface area (Å²) in [5.41, 5.74) is 0.368. The number of benzene rings is 2. The molecule has 0 aliphatic heterocycles. The zero-order valence-corrected chi connectivity index (χ0v) is 19.0. The summed E-state index contributed by atoms with van der Waals surface area (Å²) < 4.78 is 41.2. The maximum atomic E-state index is 12.3. The van der Waals surface area contributed by atoms with Crippen molar-refractivity contribution in [3.63, 3.8) is 0 Å². The number of esters is 1. The van der Waals surface area contributed by atoms with Gasteiger partial charge in [0.1, 0.15) is 4.90 Å². The molecule has 2 aromatic rings. The maximum absolute atomic E-state index is 12.3. The molecular weight excluding hydrogens is 448 g/mol. The zero-order valence-electron chi connectivity index (χ0n) is 17.5. The summed E-state index contributed by atoms with van der Waals surface area (Å²) in [6.45, 7) is 1.68. The Bertz CT molecular complexity index is 1070. The van der Waals surface area contributed by atoms with Crippen LogP contribution in [0, 0.1) is 0 Å². The van der Waals surface area contributed by atoms with Gasteiger partial charge in [0.15, 0.2) is 18.1 Å². The second-order valence-corrected chi connectivity index (χ2v) is 8.88. The smallest absolute Gasteiger partial charge is 0.338 e. The van der Waals surface area contributed by atoms with Crippen molar-refractivity contribution in [2.24, 2.45) is 0 Å². The molecule has 0 aromatic heterocycles. The number of anilines is 1. The molecule has 0 fully saturated rings. The van der Waals surface area contributed by atoms with Crippen LogP contribution in [-0.4, -0.2) is 59.0 Å². The number of nitrogens with one attached hydrogen (secondary N) is 1. The van der Waals surface area contributed by atoms with Crippen LogP contribution in [0.4, 0.5) is 5.69 Å². The Labute approximate surface area is 185 Å². The van der Waals surface area contributed by atoms with Gasteiger partial charge in [-0.2, -0.15) is 0 Å². The van der Waals surface area contributed by atoms with Gasteiger partial charge in [0.25, 0.3) is 5.91 Å². The number of carbonyl (C=O) groups excluding carboxylic acids is 2. The molecule has 2 rings (SSSR count). The molecule has 1 N–H and O–H groups in total. The van der Waals surface area contributed by atoms with Crippen LogP contribution in [0.2, 0.25) is 5.02 Å². The van der Waals surface area contributed by atoms with Crippen LogP contribution in [0.3, 0.4) is 0 Å². The van der Waals surface area contributed by atoms with Crippen LogP contribution in [0.5, 0.6) is 11.5 Å². The average molecular weight is 471 g/mol. The summed E-state index contributed by atoms with van der Waals surface area (Å²) in [5.74, 6) is -0.549. The summed E-state index contributed by atoms with van der Waals surface area (Å²) in [6, 6.07) is 8.53. The van der Waals surface area contributed by atoms with Crippen molar-refractivity contribution in [3.8, 4) is 11.5 Å². The van der Waals surface area contributed by atoms with E-state index in [0.29, 0.717) is 18.1 Å². The summed E-state index contributed by atoms with van der Waals surface area (Å²) in [7, 11) is 0.377. The molecule has 1 amide bonds. The van der Waals surface area contributed by atoms with E-state index in [4.69, 9.17) is 25.8 Å². The van der Waals surface area contributed by atoms with Gasteiger partial charge in [-0.3, -0.25) is 4.79 Å². The first-order valence-electron chi connectivity index (χ1n) is 9.10. The standard InChI is InChI=1S/C20H23ClN2O7S/c1-5-29-16-9-6-13(10-17(16)28-4)20(25)30-12-19(24)22-14-7-8-15(21)18(11-14)31(26,27)23(2)3/h6-11H,5,12H2,1-4H3,(H,22,24). The number of ether oxygens (including phenoxy) is 3. The van der Waals surface area contributed by atoms with E-state index < -0.39 is 28.5 Å². The molecule has 2 aromatic carbocycles. The Kier molecular flexibility index (Phi) is 8.26. The predicted octanol–water partition coefficient (Wildman–Crippen LogP) is 2.79. The summed E-state index contributed by atoms with van der Waals surface area (Å²) >= 11 is 5.98. The second-order valence-electron chi connectivity index (χ2n) is 6.36. The lowest BCUT2D eigenvalue weighted by molar-refractivity contribution is -0.119. The van der Waals surface area contributed by atoms with Crippen molar-refractivity contribution in [1.29, 1.82) is 0 Å². The van der Waals surface area contributed by atoms with Crippen molar-refractivity contribution in [3.05, 3.63) is 47.0 Å². The molecule has 31 heavy (non-hydrogen) atoms. The van der Waals surface area contributed by atoms with Crippen molar-refractivity contribution < 1.29 is 32.2 Å². The highest BCUT2D eigenvalue weighted by Crippen LogP contribution is 2.29.